The Hall–Kier alpha value is -2.17. The Morgan fingerprint density at radius 1 is 1.17 bits per heavy atom. The fourth-order valence-corrected chi connectivity index (χ4v) is 7.09. The number of nitrogens with zero attached hydrogens (tertiary/aromatic N) is 4. The molecule has 3 aromatic heterocycles. The third-order valence-corrected chi connectivity index (χ3v) is 9.49. The molecule has 0 aliphatic heterocycles. The third kappa shape index (κ3) is 5.86. The van der Waals surface area contributed by atoms with E-state index in [0.29, 0.717) is 43.6 Å². The number of aryl methyl sites for hydroxylation is 1. The maximum Gasteiger partial charge on any atom is 0.224 e. The minimum atomic E-state index is -0.725. The average molecular weight is 529 g/mol. The molecule has 0 radical (unpaired) electrons. The first-order valence-corrected chi connectivity index (χ1v) is 15.4. The van der Waals surface area contributed by atoms with Crippen LogP contribution in [0.25, 0.3) is 20.8 Å². The van der Waals surface area contributed by atoms with Crippen LogP contribution >= 0.6 is 11.3 Å². The number of anilines is 2. The molecule has 0 bridgehead atoms. The number of thiazole rings is 1. The van der Waals surface area contributed by atoms with Crippen LogP contribution in [0.5, 0.6) is 0 Å². The van der Waals surface area contributed by atoms with Gasteiger partial charge in [0.05, 0.1) is 28.3 Å². The van der Waals surface area contributed by atoms with Gasteiger partial charge in [0.1, 0.15) is 16.3 Å². The molecule has 2 aliphatic rings. The highest BCUT2D eigenvalue weighted by molar-refractivity contribution is 7.84. The first kappa shape index (κ1) is 25.5. The number of fused-ring (bicyclic) bond motifs is 1. The van der Waals surface area contributed by atoms with Crippen molar-refractivity contribution in [1.29, 1.82) is 0 Å². The standard InChI is InChI=1S/C26H36N6O2S2/c1-4-34-13-12-28-26-29-16(3)21(24(32-26)30-19-9-6-17(14-19)15-36(33)5-2)25-31-23-20(35-25)10-11-27-22(23)18-7-8-18/h10-11,17-19H,4-9,12-15H2,1-3H3,(H2,28,29,30,32). The van der Waals surface area contributed by atoms with Crippen molar-refractivity contribution in [3.8, 4) is 10.6 Å². The Balaban J connectivity index is 1.45. The molecule has 10 heteroatoms. The van der Waals surface area contributed by atoms with Gasteiger partial charge in [0.2, 0.25) is 5.95 Å². The highest BCUT2D eigenvalue weighted by Crippen LogP contribution is 2.44. The van der Waals surface area contributed by atoms with E-state index in [0.717, 1.165) is 68.8 Å². The SMILES string of the molecule is CCOCCNc1nc(C)c(-c2nc3c(C4CC4)nccc3s2)c(NC2CCC(CS(=O)CC)C2)n1. The topological polar surface area (TPSA) is 102 Å². The van der Waals surface area contributed by atoms with Crippen molar-refractivity contribution >= 4 is 44.1 Å². The molecule has 3 unspecified atom stereocenters. The predicted molar refractivity (Wildman–Crippen MR) is 148 cm³/mol. The molecule has 0 spiro atoms. The van der Waals surface area contributed by atoms with Crippen LogP contribution in [0.3, 0.4) is 0 Å². The van der Waals surface area contributed by atoms with Gasteiger partial charge in [-0.15, -0.1) is 11.3 Å². The van der Waals surface area contributed by atoms with Crippen LogP contribution in [0.1, 0.15) is 63.3 Å². The summed E-state index contributed by atoms with van der Waals surface area (Å²) in [5.41, 5.74) is 4.01. The van der Waals surface area contributed by atoms with E-state index in [1.54, 1.807) is 11.3 Å². The van der Waals surface area contributed by atoms with Crippen LogP contribution in [0.4, 0.5) is 11.8 Å². The van der Waals surface area contributed by atoms with Crippen molar-refractivity contribution in [2.45, 2.75) is 64.8 Å². The molecule has 0 saturated heterocycles. The largest absolute Gasteiger partial charge is 0.380 e. The Kier molecular flexibility index (Phi) is 8.12. The zero-order chi connectivity index (χ0) is 25.1. The number of rotatable bonds is 12. The second-order valence-corrected chi connectivity index (χ2v) is 12.6. The summed E-state index contributed by atoms with van der Waals surface area (Å²) in [5, 5.41) is 7.98. The van der Waals surface area contributed by atoms with E-state index < -0.39 is 10.8 Å². The minimum absolute atomic E-state index is 0.297. The monoisotopic (exact) mass is 528 g/mol. The highest BCUT2D eigenvalue weighted by atomic mass is 32.2. The number of hydrogen-bond acceptors (Lipinski definition) is 9. The normalized spacial score (nSPS) is 20.6. The Bertz CT molecular complexity index is 1230. The molecular weight excluding hydrogens is 492 g/mol. The van der Waals surface area contributed by atoms with Gasteiger partial charge in [0.25, 0.3) is 0 Å². The molecule has 0 aromatic carbocycles. The van der Waals surface area contributed by atoms with Gasteiger partial charge >= 0.3 is 0 Å². The van der Waals surface area contributed by atoms with Crippen molar-refractivity contribution in [3.05, 3.63) is 23.7 Å². The van der Waals surface area contributed by atoms with Crippen molar-refractivity contribution in [1.82, 2.24) is 19.9 Å². The van der Waals surface area contributed by atoms with E-state index in [1.165, 1.54) is 12.8 Å². The van der Waals surface area contributed by atoms with Crippen LogP contribution in [-0.2, 0) is 15.5 Å². The lowest BCUT2D eigenvalue weighted by Gasteiger charge is -2.18. The van der Waals surface area contributed by atoms with E-state index in [1.807, 2.05) is 27.0 Å². The van der Waals surface area contributed by atoms with Gasteiger partial charge < -0.3 is 15.4 Å². The lowest BCUT2D eigenvalue weighted by molar-refractivity contribution is 0.158. The van der Waals surface area contributed by atoms with E-state index in [2.05, 4.69) is 21.7 Å². The molecule has 2 saturated carbocycles. The van der Waals surface area contributed by atoms with E-state index in [9.17, 15) is 4.21 Å². The zero-order valence-electron chi connectivity index (χ0n) is 21.4. The fourth-order valence-electron chi connectivity index (χ4n) is 4.96. The van der Waals surface area contributed by atoms with Crippen molar-refractivity contribution < 1.29 is 8.95 Å². The van der Waals surface area contributed by atoms with Gasteiger partial charge in [-0.05, 0) is 57.9 Å². The second kappa shape index (κ2) is 11.5. The van der Waals surface area contributed by atoms with Gasteiger partial charge in [-0.25, -0.2) is 9.97 Å². The molecule has 2 aliphatic carbocycles. The number of aromatic nitrogens is 4. The lowest BCUT2D eigenvalue weighted by atomic mass is 10.1. The van der Waals surface area contributed by atoms with Crippen LogP contribution in [0, 0.1) is 12.8 Å². The molecule has 3 aromatic rings. The van der Waals surface area contributed by atoms with Gasteiger partial charge in [-0.3, -0.25) is 9.19 Å². The summed E-state index contributed by atoms with van der Waals surface area (Å²) >= 11 is 1.69. The summed E-state index contributed by atoms with van der Waals surface area (Å²) in [6, 6.07) is 2.36. The van der Waals surface area contributed by atoms with Crippen LogP contribution < -0.4 is 10.6 Å². The molecule has 3 atom stereocenters. The number of pyridine rings is 1. The van der Waals surface area contributed by atoms with E-state index in [-0.39, 0.29) is 0 Å². The summed E-state index contributed by atoms with van der Waals surface area (Å²) in [5.74, 6) is 3.98. The smallest absolute Gasteiger partial charge is 0.224 e. The van der Waals surface area contributed by atoms with E-state index >= 15 is 0 Å². The number of ether oxygens (including phenoxy) is 1. The van der Waals surface area contributed by atoms with Crippen LogP contribution in [-0.4, -0.2) is 61.5 Å². The summed E-state index contributed by atoms with van der Waals surface area (Å²) in [4.78, 5) is 19.4. The van der Waals surface area contributed by atoms with Crippen molar-refractivity contribution in [2.24, 2.45) is 5.92 Å². The molecular formula is C26H36N6O2S2. The number of hydrogen-bond donors (Lipinski definition) is 2. The van der Waals surface area contributed by atoms with Gasteiger partial charge in [-0.1, -0.05) is 6.92 Å². The molecule has 36 heavy (non-hydrogen) atoms. The first-order chi connectivity index (χ1) is 17.6. The van der Waals surface area contributed by atoms with E-state index in [4.69, 9.17) is 19.7 Å². The van der Waals surface area contributed by atoms with Gasteiger partial charge in [-0.2, -0.15) is 4.98 Å². The van der Waals surface area contributed by atoms with Crippen LogP contribution in [0.15, 0.2) is 12.3 Å². The van der Waals surface area contributed by atoms with Crippen molar-refractivity contribution in [3.63, 3.8) is 0 Å². The first-order valence-electron chi connectivity index (χ1n) is 13.1. The fraction of sp³-hybridized carbons (Fsp3) is 0.615. The second-order valence-electron chi connectivity index (χ2n) is 9.73. The Morgan fingerprint density at radius 2 is 2.03 bits per heavy atom. The van der Waals surface area contributed by atoms with Crippen LogP contribution in [0.2, 0.25) is 0 Å². The molecule has 8 nitrogen and oxygen atoms in total. The molecule has 194 valence electrons. The summed E-state index contributed by atoms with van der Waals surface area (Å²) in [7, 11) is -0.725. The summed E-state index contributed by atoms with van der Waals surface area (Å²) < 4.78 is 18.7. The maximum atomic E-state index is 12.1. The summed E-state index contributed by atoms with van der Waals surface area (Å²) in [6.07, 6.45) is 7.46. The zero-order valence-corrected chi connectivity index (χ0v) is 23.0. The number of nitrogens with one attached hydrogen (secondary N) is 2. The Morgan fingerprint density at radius 3 is 2.81 bits per heavy atom. The van der Waals surface area contributed by atoms with Gasteiger partial charge in [0.15, 0.2) is 0 Å². The summed E-state index contributed by atoms with van der Waals surface area (Å²) in [6.45, 7) is 7.97. The molecule has 2 fully saturated rings. The Labute approximate surface area is 219 Å². The average Bonchev–Trinajstić information content (AvgIpc) is 3.48. The van der Waals surface area contributed by atoms with Gasteiger partial charge in [0, 0.05) is 53.6 Å². The van der Waals surface area contributed by atoms with Crippen molar-refractivity contribution in [2.75, 3.05) is 41.9 Å². The third-order valence-electron chi connectivity index (χ3n) is 6.96. The predicted octanol–water partition coefficient (Wildman–Crippen LogP) is 5.13. The molecule has 0 amide bonds. The highest BCUT2D eigenvalue weighted by Gasteiger charge is 2.30. The molecule has 3 heterocycles. The molecule has 5 rings (SSSR count). The maximum absolute atomic E-state index is 12.1. The molecule has 2 N–H and O–H groups in total. The quantitative estimate of drug-likeness (QED) is 0.312. The lowest BCUT2D eigenvalue weighted by Crippen LogP contribution is -2.20. The minimum Gasteiger partial charge on any atom is -0.380 e.